The van der Waals surface area contributed by atoms with Crippen LogP contribution in [0.15, 0.2) is 48.5 Å². The Bertz CT molecular complexity index is 781. The molecule has 0 heterocycles. The van der Waals surface area contributed by atoms with Crippen LogP contribution in [0.1, 0.15) is 18.1 Å². The standard InChI is InChI=1S/C21H25FN2O3S/c1-15(21(26)23-2)24(12-16-6-10-19(27-3)11-7-16)20(25)14-28-13-17-4-8-18(22)9-5-17/h4-11,15H,12-14H2,1-3H3,(H,23,26)/t15-/m0/s1. The van der Waals surface area contributed by atoms with Crippen LogP contribution in [-0.2, 0) is 21.9 Å². The van der Waals surface area contributed by atoms with E-state index in [4.69, 9.17) is 4.74 Å². The van der Waals surface area contributed by atoms with Crippen molar-refractivity contribution in [3.05, 3.63) is 65.5 Å². The average molecular weight is 405 g/mol. The summed E-state index contributed by atoms with van der Waals surface area (Å²) in [5.74, 6) is 0.932. The molecule has 0 aliphatic carbocycles. The monoisotopic (exact) mass is 404 g/mol. The minimum Gasteiger partial charge on any atom is -0.497 e. The molecule has 2 rings (SSSR count). The Morgan fingerprint density at radius 1 is 1.11 bits per heavy atom. The average Bonchev–Trinajstić information content (AvgIpc) is 2.72. The maximum Gasteiger partial charge on any atom is 0.242 e. The van der Waals surface area contributed by atoms with Crippen molar-refractivity contribution in [2.45, 2.75) is 25.3 Å². The van der Waals surface area contributed by atoms with Gasteiger partial charge in [0.25, 0.3) is 0 Å². The zero-order valence-electron chi connectivity index (χ0n) is 16.3. The number of methoxy groups -OCH3 is 1. The van der Waals surface area contributed by atoms with E-state index in [1.165, 1.54) is 23.9 Å². The summed E-state index contributed by atoms with van der Waals surface area (Å²) >= 11 is 1.44. The van der Waals surface area contributed by atoms with Crippen LogP contribution in [0.3, 0.4) is 0 Å². The van der Waals surface area contributed by atoms with Gasteiger partial charge in [0.1, 0.15) is 17.6 Å². The van der Waals surface area contributed by atoms with E-state index in [2.05, 4.69) is 5.32 Å². The van der Waals surface area contributed by atoms with Crippen molar-refractivity contribution in [1.82, 2.24) is 10.2 Å². The van der Waals surface area contributed by atoms with E-state index < -0.39 is 6.04 Å². The highest BCUT2D eigenvalue weighted by Gasteiger charge is 2.25. The summed E-state index contributed by atoms with van der Waals surface area (Å²) in [5, 5.41) is 2.60. The first-order chi connectivity index (χ1) is 13.4. The van der Waals surface area contributed by atoms with Crippen LogP contribution in [-0.4, -0.2) is 42.7 Å². The third-order valence-electron chi connectivity index (χ3n) is 4.33. The molecule has 0 saturated heterocycles. The van der Waals surface area contributed by atoms with Crippen LogP contribution in [0.25, 0.3) is 0 Å². The number of rotatable bonds is 9. The number of ether oxygens (including phenoxy) is 1. The number of carbonyl (C=O) groups excluding carboxylic acids is 2. The number of carbonyl (C=O) groups is 2. The second kappa shape index (κ2) is 10.7. The fourth-order valence-corrected chi connectivity index (χ4v) is 3.51. The Hall–Kier alpha value is -2.54. The van der Waals surface area contributed by atoms with Gasteiger partial charge in [0.15, 0.2) is 0 Å². The molecule has 7 heteroatoms. The number of nitrogens with zero attached hydrogens (tertiary/aromatic N) is 1. The number of hydrogen-bond donors (Lipinski definition) is 1. The van der Waals surface area contributed by atoms with Gasteiger partial charge < -0.3 is 15.0 Å². The second-order valence-electron chi connectivity index (χ2n) is 6.28. The van der Waals surface area contributed by atoms with Crippen molar-refractivity contribution in [2.24, 2.45) is 0 Å². The number of likely N-dealkylation sites (N-methyl/N-ethyl adjacent to an activating group) is 1. The predicted molar refractivity (Wildman–Crippen MR) is 110 cm³/mol. The summed E-state index contributed by atoms with van der Waals surface area (Å²) in [4.78, 5) is 26.5. The molecule has 0 saturated carbocycles. The van der Waals surface area contributed by atoms with Gasteiger partial charge in [0.05, 0.1) is 12.9 Å². The molecule has 0 spiro atoms. The normalized spacial score (nSPS) is 11.6. The fraction of sp³-hybridized carbons (Fsp3) is 0.333. The quantitative estimate of drug-likeness (QED) is 0.697. The Morgan fingerprint density at radius 2 is 1.71 bits per heavy atom. The maximum atomic E-state index is 13.0. The molecule has 5 nitrogen and oxygen atoms in total. The molecule has 0 bridgehead atoms. The van der Waals surface area contributed by atoms with Gasteiger partial charge in [-0.2, -0.15) is 0 Å². The first-order valence-electron chi connectivity index (χ1n) is 8.90. The molecule has 0 aliphatic rings. The predicted octanol–water partition coefficient (Wildman–Crippen LogP) is 3.23. The summed E-state index contributed by atoms with van der Waals surface area (Å²) < 4.78 is 18.1. The Kier molecular flexibility index (Phi) is 8.32. The summed E-state index contributed by atoms with van der Waals surface area (Å²) in [7, 11) is 3.15. The van der Waals surface area contributed by atoms with Gasteiger partial charge in [-0.05, 0) is 42.3 Å². The van der Waals surface area contributed by atoms with E-state index in [0.717, 1.165) is 16.9 Å². The topological polar surface area (TPSA) is 58.6 Å². The Morgan fingerprint density at radius 3 is 2.29 bits per heavy atom. The number of halogens is 1. The lowest BCUT2D eigenvalue weighted by Crippen LogP contribution is -2.47. The summed E-state index contributed by atoms with van der Waals surface area (Å²) in [6.45, 7) is 2.04. The van der Waals surface area contributed by atoms with Crippen LogP contribution in [0.5, 0.6) is 5.75 Å². The summed E-state index contributed by atoms with van der Waals surface area (Å²) in [6.07, 6.45) is 0. The van der Waals surface area contributed by atoms with Crippen molar-refractivity contribution < 1.29 is 18.7 Å². The molecular weight excluding hydrogens is 379 g/mol. The van der Waals surface area contributed by atoms with Crippen LogP contribution < -0.4 is 10.1 Å². The number of amides is 2. The highest BCUT2D eigenvalue weighted by atomic mass is 32.2. The van der Waals surface area contributed by atoms with E-state index in [1.54, 1.807) is 38.1 Å². The van der Waals surface area contributed by atoms with Crippen LogP contribution >= 0.6 is 11.8 Å². The smallest absolute Gasteiger partial charge is 0.242 e. The molecule has 2 aromatic carbocycles. The molecule has 1 atom stereocenters. The third-order valence-corrected chi connectivity index (χ3v) is 5.32. The van der Waals surface area contributed by atoms with E-state index in [9.17, 15) is 14.0 Å². The molecule has 28 heavy (non-hydrogen) atoms. The van der Waals surface area contributed by atoms with Crippen molar-refractivity contribution in [2.75, 3.05) is 19.9 Å². The number of hydrogen-bond acceptors (Lipinski definition) is 4. The Balaban J connectivity index is 2.02. The minimum absolute atomic E-state index is 0.126. The highest BCUT2D eigenvalue weighted by Crippen LogP contribution is 2.18. The zero-order valence-corrected chi connectivity index (χ0v) is 17.1. The lowest BCUT2D eigenvalue weighted by Gasteiger charge is -2.28. The molecule has 0 unspecified atom stereocenters. The zero-order chi connectivity index (χ0) is 20.5. The third kappa shape index (κ3) is 6.27. The lowest BCUT2D eigenvalue weighted by atomic mass is 10.1. The molecule has 2 amide bonds. The van der Waals surface area contributed by atoms with Crippen LogP contribution in [0.2, 0.25) is 0 Å². The van der Waals surface area contributed by atoms with E-state index in [1.807, 2.05) is 24.3 Å². The van der Waals surface area contributed by atoms with Gasteiger partial charge in [0.2, 0.25) is 11.8 Å². The SMILES string of the molecule is CNC(=O)[C@H](C)N(Cc1ccc(OC)cc1)C(=O)CSCc1ccc(F)cc1. The number of thioether (sulfide) groups is 1. The minimum atomic E-state index is -0.592. The van der Waals surface area contributed by atoms with Crippen molar-refractivity contribution in [3.8, 4) is 5.75 Å². The van der Waals surface area contributed by atoms with E-state index in [0.29, 0.717) is 12.3 Å². The van der Waals surface area contributed by atoms with Gasteiger partial charge in [-0.15, -0.1) is 11.8 Å². The van der Waals surface area contributed by atoms with Crippen molar-refractivity contribution in [3.63, 3.8) is 0 Å². The first kappa shape index (κ1) is 21.8. The largest absolute Gasteiger partial charge is 0.497 e. The fourth-order valence-electron chi connectivity index (χ4n) is 2.64. The molecule has 2 aromatic rings. The van der Waals surface area contributed by atoms with Gasteiger partial charge in [-0.25, -0.2) is 4.39 Å². The van der Waals surface area contributed by atoms with Gasteiger partial charge >= 0.3 is 0 Å². The summed E-state index contributed by atoms with van der Waals surface area (Å²) in [6, 6.07) is 13.0. The molecule has 0 fully saturated rings. The summed E-state index contributed by atoms with van der Waals surface area (Å²) in [5.41, 5.74) is 1.86. The first-order valence-corrected chi connectivity index (χ1v) is 10.1. The molecular formula is C21H25FN2O3S. The van der Waals surface area contributed by atoms with Gasteiger partial charge in [-0.3, -0.25) is 9.59 Å². The van der Waals surface area contributed by atoms with Crippen LogP contribution in [0.4, 0.5) is 4.39 Å². The molecule has 0 radical (unpaired) electrons. The van der Waals surface area contributed by atoms with E-state index >= 15 is 0 Å². The number of nitrogens with one attached hydrogen (secondary N) is 1. The molecule has 1 N–H and O–H groups in total. The molecule has 0 aliphatic heterocycles. The maximum absolute atomic E-state index is 13.0. The Labute approximate surface area is 169 Å². The second-order valence-corrected chi connectivity index (χ2v) is 7.26. The van der Waals surface area contributed by atoms with Gasteiger partial charge in [0, 0.05) is 19.3 Å². The van der Waals surface area contributed by atoms with Crippen molar-refractivity contribution >= 4 is 23.6 Å². The van der Waals surface area contributed by atoms with Crippen molar-refractivity contribution in [1.29, 1.82) is 0 Å². The highest BCUT2D eigenvalue weighted by molar-refractivity contribution is 7.99. The molecule has 150 valence electrons. The van der Waals surface area contributed by atoms with Gasteiger partial charge in [-0.1, -0.05) is 24.3 Å². The van der Waals surface area contributed by atoms with E-state index in [-0.39, 0.29) is 23.4 Å². The molecule has 0 aromatic heterocycles. The lowest BCUT2D eigenvalue weighted by molar-refractivity contribution is -0.138. The number of benzene rings is 2. The van der Waals surface area contributed by atoms with Crippen LogP contribution in [0, 0.1) is 5.82 Å².